The molecule has 0 aliphatic carbocycles. The average molecular weight is 351 g/mol. The number of nitrogens with zero attached hydrogens (tertiary/aromatic N) is 1. The van der Waals surface area contributed by atoms with Crippen molar-refractivity contribution < 1.29 is 9.59 Å². The lowest BCUT2D eigenvalue weighted by atomic mass is 10.1. The summed E-state index contributed by atoms with van der Waals surface area (Å²) in [5, 5.41) is 5.90. The maximum absolute atomic E-state index is 12.3. The van der Waals surface area contributed by atoms with Gasteiger partial charge in [-0.15, -0.1) is 0 Å². The molecule has 1 aliphatic rings. The molecule has 0 radical (unpaired) electrons. The summed E-state index contributed by atoms with van der Waals surface area (Å²) in [6.07, 6.45) is 0.448. The summed E-state index contributed by atoms with van der Waals surface area (Å²) >= 11 is 0. The number of para-hydroxylation sites is 2. The normalized spacial score (nSPS) is 13.8. The van der Waals surface area contributed by atoms with Crippen molar-refractivity contribution in [3.63, 3.8) is 0 Å². The summed E-state index contributed by atoms with van der Waals surface area (Å²) in [6, 6.07) is 15.5. The molecule has 2 aromatic carbocycles. The molecule has 2 amide bonds. The second-order valence-corrected chi connectivity index (χ2v) is 7.04. The Kier molecular flexibility index (Phi) is 5.56. The number of amides is 2. The molecule has 2 aromatic rings. The summed E-state index contributed by atoms with van der Waals surface area (Å²) in [5.74, 6) is 0.399. The Balaban J connectivity index is 1.78. The number of benzene rings is 2. The van der Waals surface area contributed by atoms with Gasteiger partial charge in [-0.2, -0.15) is 0 Å². The van der Waals surface area contributed by atoms with Crippen LogP contribution in [0, 0.1) is 5.92 Å². The fraction of sp³-hybridized carbons (Fsp3) is 0.333. The molecule has 3 rings (SSSR count). The minimum Gasteiger partial charge on any atom is -0.365 e. The van der Waals surface area contributed by atoms with Crippen molar-refractivity contribution in [3.8, 4) is 0 Å². The van der Waals surface area contributed by atoms with Crippen molar-refractivity contribution in [2.75, 3.05) is 23.3 Å². The zero-order chi connectivity index (χ0) is 18.5. The number of hydrogen-bond donors (Lipinski definition) is 2. The Bertz CT molecular complexity index is 801. The number of nitrogens with one attached hydrogen (secondary N) is 2. The van der Waals surface area contributed by atoms with E-state index in [1.165, 1.54) is 0 Å². The van der Waals surface area contributed by atoms with E-state index in [0.29, 0.717) is 37.5 Å². The van der Waals surface area contributed by atoms with Gasteiger partial charge in [0.1, 0.15) is 0 Å². The summed E-state index contributed by atoms with van der Waals surface area (Å²) in [5.41, 5.74) is 3.56. The Labute approximate surface area is 154 Å². The Morgan fingerprint density at radius 3 is 2.81 bits per heavy atom. The molecule has 5 heteroatoms. The van der Waals surface area contributed by atoms with Crippen LogP contribution in [0.5, 0.6) is 0 Å². The molecule has 0 aromatic heterocycles. The van der Waals surface area contributed by atoms with Crippen LogP contribution in [0.4, 0.5) is 11.4 Å². The molecule has 0 bridgehead atoms. The van der Waals surface area contributed by atoms with Gasteiger partial charge >= 0.3 is 0 Å². The molecule has 1 heterocycles. The Hall–Kier alpha value is -2.82. The second kappa shape index (κ2) is 8.04. The molecule has 1 aliphatic heterocycles. The Morgan fingerprint density at radius 1 is 1.19 bits per heavy atom. The second-order valence-electron chi connectivity index (χ2n) is 7.04. The van der Waals surface area contributed by atoms with Gasteiger partial charge in [0.05, 0.1) is 11.4 Å². The largest absolute Gasteiger partial charge is 0.365 e. The molecule has 2 N–H and O–H groups in total. The van der Waals surface area contributed by atoms with Gasteiger partial charge in [-0.25, -0.2) is 0 Å². The van der Waals surface area contributed by atoms with Gasteiger partial charge < -0.3 is 15.5 Å². The fourth-order valence-corrected chi connectivity index (χ4v) is 3.02. The van der Waals surface area contributed by atoms with Crippen LogP contribution in [0.25, 0.3) is 0 Å². The van der Waals surface area contributed by atoms with E-state index in [9.17, 15) is 9.59 Å². The van der Waals surface area contributed by atoms with E-state index in [1.54, 1.807) is 0 Å². The highest BCUT2D eigenvalue weighted by molar-refractivity contribution is 5.96. The third kappa shape index (κ3) is 4.42. The van der Waals surface area contributed by atoms with Crippen LogP contribution in [0.3, 0.4) is 0 Å². The highest BCUT2D eigenvalue weighted by Crippen LogP contribution is 2.29. The molecular weight excluding hydrogens is 326 g/mol. The number of carbonyl (C=O) groups excluding carboxylic acids is 2. The summed E-state index contributed by atoms with van der Waals surface area (Å²) < 4.78 is 0. The molecule has 136 valence electrons. The lowest BCUT2D eigenvalue weighted by molar-refractivity contribution is -0.115. The van der Waals surface area contributed by atoms with Crippen LogP contribution < -0.4 is 15.5 Å². The SMILES string of the molecule is CC(C)CNC(=O)c1cccc(CN2CCC(=O)Nc3ccccc32)c1. The van der Waals surface area contributed by atoms with E-state index in [2.05, 4.69) is 29.4 Å². The van der Waals surface area contributed by atoms with Crippen molar-refractivity contribution >= 4 is 23.2 Å². The smallest absolute Gasteiger partial charge is 0.251 e. The first-order chi connectivity index (χ1) is 12.5. The molecule has 0 unspecified atom stereocenters. The van der Waals surface area contributed by atoms with Gasteiger partial charge in [-0.05, 0) is 35.7 Å². The van der Waals surface area contributed by atoms with E-state index >= 15 is 0 Å². The zero-order valence-corrected chi connectivity index (χ0v) is 15.3. The Morgan fingerprint density at radius 2 is 2.00 bits per heavy atom. The van der Waals surface area contributed by atoms with Crippen LogP contribution in [-0.4, -0.2) is 24.9 Å². The molecule has 0 saturated heterocycles. The molecule has 0 saturated carbocycles. The summed E-state index contributed by atoms with van der Waals surface area (Å²) in [7, 11) is 0. The average Bonchev–Trinajstić information content (AvgIpc) is 2.79. The fourth-order valence-electron chi connectivity index (χ4n) is 3.02. The van der Waals surface area contributed by atoms with Crippen LogP contribution in [0.2, 0.25) is 0 Å². The van der Waals surface area contributed by atoms with Gasteiger partial charge in [0, 0.05) is 31.6 Å². The number of hydrogen-bond acceptors (Lipinski definition) is 3. The zero-order valence-electron chi connectivity index (χ0n) is 15.3. The third-order valence-electron chi connectivity index (χ3n) is 4.36. The van der Waals surface area contributed by atoms with Crippen molar-refractivity contribution in [2.24, 2.45) is 5.92 Å². The maximum atomic E-state index is 12.3. The topological polar surface area (TPSA) is 61.4 Å². The van der Waals surface area contributed by atoms with Gasteiger partial charge in [-0.3, -0.25) is 9.59 Å². The van der Waals surface area contributed by atoms with Gasteiger partial charge in [0.25, 0.3) is 5.91 Å². The van der Waals surface area contributed by atoms with Gasteiger partial charge in [-0.1, -0.05) is 38.1 Å². The van der Waals surface area contributed by atoms with E-state index < -0.39 is 0 Å². The highest BCUT2D eigenvalue weighted by Gasteiger charge is 2.19. The van der Waals surface area contributed by atoms with Crippen molar-refractivity contribution in [1.29, 1.82) is 0 Å². The minimum absolute atomic E-state index is 0.0294. The first kappa shape index (κ1) is 18.0. The minimum atomic E-state index is -0.0475. The number of carbonyl (C=O) groups is 2. The predicted octanol–water partition coefficient (Wildman–Crippen LogP) is 3.42. The number of anilines is 2. The van der Waals surface area contributed by atoms with Crippen LogP contribution in [0.1, 0.15) is 36.2 Å². The molecule has 5 nitrogen and oxygen atoms in total. The molecular formula is C21H25N3O2. The molecule has 0 fully saturated rings. The predicted molar refractivity (Wildman–Crippen MR) is 104 cm³/mol. The molecule has 0 spiro atoms. The van der Waals surface area contributed by atoms with Crippen LogP contribution in [-0.2, 0) is 11.3 Å². The summed E-state index contributed by atoms with van der Waals surface area (Å²) in [4.78, 5) is 26.4. The summed E-state index contributed by atoms with van der Waals surface area (Å²) in [6.45, 7) is 6.10. The van der Waals surface area contributed by atoms with Crippen LogP contribution in [0.15, 0.2) is 48.5 Å². The van der Waals surface area contributed by atoms with Gasteiger partial charge in [0.15, 0.2) is 0 Å². The quantitative estimate of drug-likeness (QED) is 0.868. The van der Waals surface area contributed by atoms with Crippen molar-refractivity contribution in [1.82, 2.24) is 5.32 Å². The van der Waals surface area contributed by atoms with Crippen molar-refractivity contribution in [3.05, 3.63) is 59.7 Å². The third-order valence-corrected chi connectivity index (χ3v) is 4.36. The van der Waals surface area contributed by atoms with E-state index in [-0.39, 0.29) is 11.8 Å². The maximum Gasteiger partial charge on any atom is 0.251 e. The standard InChI is InChI=1S/C21H25N3O2/c1-15(2)13-22-21(26)17-7-5-6-16(12-17)14-24-11-10-20(25)23-18-8-3-4-9-19(18)24/h3-9,12,15H,10-11,13-14H2,1-2H3,(H,22,26)(H,23,25). The van der Waals surface area contributed by atoms with Gasteiger partial charge in [0.2, 0.25) is 5.91 Å². The molecule has 26 heavy (non-hydrogen) atoms. The lowest BCUT2D eigenvalue weighted by Crippen LogP contribution is -2.28. The first-order valence-electron chi connectivity index (χ1n) is 9.04. The van der Waals surface area contributed by atoms with Crippen LogP contribution >= 0.6 is 0 Å². The lowest BCUT2D eigenvalue weighted by Gasteiger charge is -2.24. The monoisotopic (exact) mass is 351 g/mol. The van der Waals surface area contributed by atoms with E-state index in [0.717, 1.165) is 16.9 Å². The van der Waals surface area contributed by atoms with E-state index in [1.807, 2.05) is 48.5 Å². The highest BCUT2D eigenvalue weighted by atomic mass is 16.2. The van der Waals surface area contributed by atoms with Crippen molar-refractivity contribution in [2.45, 2.75) is 26.8 Å². The number of rotatable bonds is 5. The van der Waals surface area contributed by atoms with E-state index in [4.69, 9.17) is 0 Å². The molecule has 0 atom stereocenters. The number of fused-ring (bicyclic) bond motifs is 1. The first-order valence-corrected chi connectivity index (χ1v) is 9.04.